The molecule has 1 N–H and O–H groups in total. The first-order valence-electron chi connectivity index (χ1n) is 10.6. The summed E-state index contributed by atoms with van der Waals surface area (Å²) in [5.41, 5.74) is 2.27. The van der Waals surface area contributed by atoms with Crippen molar-refractivity contribution in [3.05, 3.63) is 65.5 Å². The fourth-order valence-corrected chi connectivity index (χ4v) is 4.88. The molecule has 0 bridgehead atoms. The van der Waals surface area contributed by atoms with Gasteiger partial charge in [0.05, 0.1) is 6.10 Å². The van der Waals surface area contributed by atoms with Crippen LogP contribution in [0.1, 0.15) is 64.5 Å². The number of hydrogen-bond acceptors (Lipinski definition) is 2. The Morgan fingerprint density at radius 3 is 2.32 bits per heavy atom. The Hall–Kier alpha value is -1.32. The highest BCUT2D eigenvalue weighted by molar-refractivity contribution is 7.99. The molecule has 0 saturated carbocycles. The summed E-state index contributed by atoms with van der Waals surface area (Å²) in [4.78, 5) is 1.13. The third-order valence-corrected chi connectivity index (χ3v) is 6.76. The summed E-state index contributed by atoms with van der Waals surface area (Å²) in [5, 5.41) is 10.6. The highest BCUT2D eigenvalue weighted by Gasteiger charge is 2.38. The number of thioether (sulfide) groups is 1. The van der Waals surface area contributed by atoms with Crippen LogP contribution in [0.25, 0.3) is 0 Å². The van der Waals surface area contributed by atoms with Crippen LogP contribution in [0.2, 0.25) is 0 Å². The quantitative estimate of drug-likeness (QED) is 0.571. The van der Waals surface area contributed by atoms with Gasteiger partial charge in [-0.15, -0.1) is 11.8 Å². The van der Waals surface area contributed by atoms with E-state index < -0.39 is 0 Å². The summed E-state index contributed by atoms with van der Waals surface area (Å²) in [5.74, 6) is 0.729. The number of benzene rings is 2. The maximum atomic E-state index is 13.3. The molecule has 156 valence electrons. The van der Waals surface area contributed by atoms with Crippen molar-refractivity contribution in [2.75, 3.05) is 5.75 Å². The molecule has 0 fully saturated rings. The van der Waals surface area contributed by atoms with Crippen LogP contribution in [0.5, 0.6) is 0 Å². The van der Waals surface area contributed by atoms with E-state index in [-0.39, 0.29) is 17.3 Å². The van der Waals surface area contributed by atoms with Gasteiger partial charge in [-0.2, -0.15) is 0 Å². The summed E-state index contributed by atoms with van der Waals surface area (Å²) in [6, 6.07) is 15.2. The molecule has 2 atom stereocenters. The Balaban J connectivity index is 0.000000363. The van der Waals surface area contributed by atoms with Gasteiger partial charge in [-0.3, -0.25) is 0 Å². The van der Waals surface area contributed by atoms with Crippen LogP contribution in [0.4, 0.5) is 4.39 Å². The van der Waals surface area contributed by atoms with Gasteiger partial charge < -0.3 is 5.11 Å². The maximum absolute atomic E-state index is 13.3. The second-order valence-electron chi connectivity index (χ2n) is 7.23. The minimum atomic E-state index is -0.361. The molecule has 3 rings (SSSR count). The SMILES string of the molecule is CC.CCCCC1(CC)CSc2ccc(F)cc2C[C@H]1O.Cc1ccccc1. The lowest BCUT2D eigenvalue weighted by molar-refractivity contribution is 0.0309. The third-order valence-electron chi connectivity index (χ3n) is 5.33. The molecule has 0 amide bonds. The van der Waals surface area contributed by atoms with Crippen LogP contribution in [-0.2, 0) is 6.42 Å². The Labute approximate surface area is 175 Å². The molecule has 1 nitrogen and oxygen atoms in total. The molecular formula is C25H37FOS. The van der Waals surface area contributed by atoms with Crippen LogP contribution < -0.4 is 0 Å². The summed E-state index contributed by atoms with van der Waals surface area (Å²) in [6.45, 7) is 10.4. The van der Waals surface area contributed by atoms with E-state index in [1.54, 1.807) is 17.8 Å². The van der Waals surface area contributed by atoms with E-state index in [1.807, 2.05) is 38.1 Å². The van der Waals surface area contributed by atoms with E-state index in [2.05, 4.69) is 32.9 Å². The van der Waals surface area contributed by atoms with Gasteiger partial charge in [0.2, 0.25) is 0 Å². The molecule has 3 heteroatoms. The molecule has 2 aromatic rings. The van der Waals surface area contributed by atoms with Gasteiger partial charge in [0, 0.05) is 22.5 Å². The van der Waals surface area contributed by atoms with Crippen molar-refractivity contribution >= 4 is 11.8 Å². The van der Waals surface area contributed by atoms with E-state index >= 15 is 0 Å². The van der Waals surface area contributed by atoms with Crippen LogP contribution in [-0.4, -0.2) is 17.0 Å². The van der Waals surface area contributed by atoms with Crippen molar-refractivity contribution < 1.29 is 9.50 Å². The minimum absolute atomic E-state index is 0.0177. The molecule has 0 aliphatic carbocycles. The summed E-state index contributed by atoms with van der Waals surface area (Å²) >= 11 is 1.78. The highest BCUT2D eigenvalue weighted by atomic mass is 32.2. The molecule has 1 heterocycles. The van der Waals surface area contributed by atoms with Crippen LogP contribution in [0, 0.1) is 18.2 Å². The number of aliphatic hydroxyl groups is 1. The monoisotopic (exact) mass is 404 g/mol. The molecular weight excluding hydrogens is 367 g/mol. The number of hydrogen-bond donors (Lipinski definition) is 1. The average Bonchev–Trinajstić information content (AvgIpc) is 2.85. The fraction of sp³-hybridized carbons (Fsp3) is 0.520. The predicted octanol–water partition coefficient (Wildman–Crippen LogP) is 7.44. The van der Waals surface area contributed by atoms with Gasteiger partial charge >= 0.3 is 0 Å². The molecule has 2 aromatic carbocycles. The summed E-state index contributed by atoms with van der Waals surface area (Å²) in [6.07, 6.45) is 4.57. The van der Waals surface area contributed by atoms with E-state index in [0.717, 1.165) is 41.9 Å². The first kappa shape index (κ1) is 24.7. The number of halogens is 1. The maximum Gasteiger partial charge on any atom is 0.123 e. The summed E-state index contributed by atoms with van der Waals surface area (Å²) in [7, 11) is 0. The summed E-state index contributed by atoms with van der Waals surface area (Å²) < 4.78 is 13.3. The van der Waals surface area contributed by atoms with Crippen molar-refractivity contribution in [1.29, 1.82) is 0 Å². The van der Waals surface area contributed by atoms with Crippen molar-refractivity contribution in [1.82, 2.24) is 0 Å². The highest BCUT2D eigenvalue weighted by Crippen LogP contribution is 2.44. The number of aryl methyl sites for hydroxylation is 1. The van der Waals surface area contributed by atoms with Gasteiger partial charge in [-0.25, -0.2) is 4.39 Å². The van der Waals surface area contributed by atoms with Gasteiger partial charge in [-0.1, -0.05) is 76.4 Å². The van der Waals surface area contributed by atoms with Crippen molar-refractivity contribution in [2.24, 2.45) is 5.41 Å². The Bertz CT molecular complexity index is 674. The van der Waals surface area contributed by atoms with Gasteiger partial charge in [0.25, 0.3) is 0 Å². The minimum Gasteiger partial charge on any atom is -0.392 e. The average molecular weight is 405 g/mol. The lowest BCUT2D eigenvalue weighted by Gasteiger charge is -2.36. The number of aliphatic hydroxyl groups excluding tert-OH is 1. The van der Waals surface area contributed by atoms with Crippen LogP contribution >= 0.6 is 11.8 Å². The second kappa shape index (κ2) is 13.0. The lowest BCUT2D eigenvalue weighted by Crippen LogP contribution is -2.37. The third kappa shape index (κ3) is 7.25. The Morgan fingerprint density at radius 2 is 1.79 bits per heavy atom. The first-order chi connectivity index (χ1) is 13.5. The van der Waals surface area contributed by atoms with Gasteiger partial charge in [0.1, 0.15) is 5.82 Å². The number of unbranched alkanes of at least 4 members (excludes halogenated alkanes) is 1. The number of rotatable bonds is 4. The molecule has 28 heavy (non-hydrogen) atoms. The predicted molar refractivity (Wildman–Crippen MR) is 122 cm³/mol. The zero-order valence-corrected chi connectivity index (χ0v) is 19.0. The molecule has 0 radical (unpaired) electrons. The molecule has 0 spiro atoms. The number of fused-ring (bicyclic) bond motifs is 1. The second-order valence-corrected chi connectivity index (χ2v) is 8.25. The van der Waals surface area contributed by atoms with Crippen molar-refractivity contribution in [3.8, 4) is 0 Å². The van der Waals surface area contributed by atoms with Crippen LogP contribution in [0.3, 0.4) is 0 Å². The van der Waals surface area contributed by atoms with Crippen molar-refractivity contribution in [3.63, 3.8) is 0 Å². The van der Waals surface area contributed by atoms with Gasteiger partial charge in [0.15, 0.2) is 0 Å². The largest absolute Gasteiger partial charge is 0.392 e. The van der Waals surface area contributed by atoms with Crippen LogP contribution in [0.15, 0.2) is 53.4 Å². The fourth-order valence-electron chi connectivity index (χ4n) is 3.41. The molecule has 1 aliphatic rings. The Kier molecular flexibility index (Phi) is 11.5. The molecule has 1 aliphatic heterocycles. The lowest BCUT2D eigenvalue weighted by atomic mass is 9.75. The Morgan fingerprint density at radius 1 is 1.11 bits per heavy atom. The van der Waals surface area contributed by atoms with E-state index in [0.29, 0.717) is 6.42 Å². The standard InChI is InChI=1S/C16H23FOS.C7H8.C2H6/c1-3-5-8-16(4-2)11-19-14-7-6-13(17)9-12(14)10-15(16)18;1-7-5-3-2-4-6-7;1-2/h6-7,9,15,18H,3-5,8,10-11H2,1-2H3;2-6H,1H3;1-2H3/t15-,16?;;/m1../s1. The molecule has 0 saturated heterocycles. The zero-order valence-electron chi connectivity index (χ0n) is 18.2. The van der Waals surface area contributed by atoms with E-state index in [1.165, 1.54) is 11.6 Å². The first-order valence-corrected chi connectivity index (χ1v) is 11.6. The molecule has 0 aromatic heterocycles. The van der Waals surface area contributed by atoms with Gasteiger partial charge in [-0.05, 0) is 43.5 Å². The zero-order chi connectivity index (χ0) is 21.0. The smallest absolute Gasteiger partial charge is 0.123 e. The van der Waals surface area contributed by atoms with E-state index in [4.69, 9.17) is 0 Å². The molecule has 1 unspecified atom stereocenters. The van der Waals surface area contributed by atoms with E-state index in [9.17, 15) is 9.50 Å². The van der Waals surface area contributed by atoms with Crippen molar-refractivity contribution in [2.45, 2.75) is 77.7 Å². The topological polar surface area (TPSA) is 20.2 Å². The normalized spacial score (nSPS) is 20.6.